The number of amides is 1. The molecule has 26 heavy (non-hydrogen) atoms. The average Bonchev–Trinajstić information content (AvgIpc) is 2.63. The number of methoxy groups -OCH3 is 1. The van der Waals surface area contributed by atoms with E-state index in [1.165, 1.54) is 0 Å². The molecule has 0 radical (unpaired) electrons. The number of hydrogen-bond acceptors (Lipinski definition) is 4. The molecule has 1 amide bonds. The normalized spacial score (nSPS) is 10.3. The fourth-order valence-corrected chi connectivity index (χ4v) is 2.80. The number of carbonyl (C=O) groups is 1. The van der Waals surface area contributed by atoms with Gasteiger partial charge in [0, 0.05) is 24.5 Å². The van der Waals surface area contributed by atoms with Gasteiger partial charge in [0.2, 0.25) is 0 Å². The van der Waals surface area contributed by atoms with Gasteiger partial charge in [0.15, 0.2) is 18.1 Å². The van der Waals surface area contributed by atoms with Gasteiger partial charge in [-0.05, 0) is 69.2 Å². The topological polar surface area (TPSA) is 50.8 Å². The van der Waals surface area contributed by atoms with Gasteiger partial charge < -0.3 is 19.7 Å². The lowest BCUT2D eigenvalue weighted by Crippen LogP contribution is -2.23. The maximum Gasteiger partial charge on any atom is 0.262 e. The Morgan fingerprint density at radius 1 is 1.04 bits per heavy atom. The molecule has 0 heterocycles. The summed E-state index contributed by atoms with van der Waals surface area (Å²) in [4.78, 5) is 14.5. The molecule has 0 aromatic heterocycles. The van der Waals surface area contributed by atoms with E-state index in [-0.39, 0.29) is 12.5 Å². The molecule has 2 rings (SSSR count). The molecule has 0 fully saturated rings. The summed E-state index contributed by atoms with van der Waals surface area (Å²) in [6, 6.07) is 11.7. The van der Waals surface area contributed by atoms with E-state index in [1.807, 2.05) is 44.2 Å². The summed E-state index contributed by atoms with van der Waals surface area (Å²) in [5, 5.41) is 2.91. The standard InChI is InChI=1S/C21H28N2O3/c1-6-23(7-2)17-9-10-18(16(4)13-17)22-21(24)14-26-19-11-8-15(3)12-20(19)25-5/h8-13H,6-7,14H2,1-5H3,(H,22,24). The zero-order chi connectivity index (χ0) is 19.1. The smallest absolute Gasteiger partial charge is 0.262 e. The highest BCUT2D eigenvalue weighted by atomic mass is 16.5. The first-order valence-electron chi connectivity index (χ1n) is 8.91. The van der Waals surface area contributed by atoms with Crippen LogP contribution in [0.5, 0.6) is 11.5 Å². The number of carbonyl (C=O) groups excluding carboxylic acids is 1. The molecule has 5 nitrogen and oxygen atoms in total. The number of nitrogens with one attached hydrogen (secondary N) is 1. The Kier molecular flexibility index (Phi) is 6.89. The molecule has 140 valence electrons. The maximum absolute atomic E-state index is 12.2. The van der Waals surface area contributed by atoms with E-state index < -0.39 is 0 Å². The van der Waals surface area contributed by atoms with E-state index in [1.54, 1.807) is 7.11 Å². The van der Waals surface area contributed by atoms with E-state index in [9.17, 15) is 4.79 Å². The number of benzene rings is 2. The third kappa shape index (κ3) is 4.91. The summed E-state index contributed by atoms with van der Waals surface area (Å²) < 4.78 is 10.9. The molecule has 0 atom stereocenters. The SMILES string of the molecule is CCN(CC)c1ccc(NC(=O)COc2ccc(C)cc2OC)c(C)c1. The van der Waals surface area contributed by atoms with E-state index in [4.69, 9.17) is 9.47 Å². The van der Waals surface area contributed by atoms with Crippen molar-refractivity contribution >= 4 is 17.3 Å². The summed E-state index contributed by atoms with van der Waals surface area (Å²) in [5.74, 6) is 0.978. The second-order valence-corrected chi connectivity index (χ2v) is 6.16. The molecular formula is C21H28N2O3. The van der Waals surface area contributed by atoms with Gasteiger partial charge in [-0.15, -0.1) is 0 Å². The zero-order valence-corrected chi connectivity index (χ0v) is 16.3. The lowest BCUT2D eigenvalue weighted by Gasteiger charge is -2.22. The molecule has 0 aliphatic rings. The van der Waals surface area contributed by atoms with Crippen LogP contribution in [-0.2, 0) is 4.79 Å². The molecule has 0 bridgehead atoms. The van der Waals surface area contributed by atoms with Crippen LogP contribution in [0.3, 0.4) is 0 Å². The van der Waals surface area contributed by atoms with Crippen molar-refractivity contribution < 1.29 is 14.3 Å². The molecule has 0 saturated carbocycles. The Balaban J connectivity index is 2.00. The Morgan fingerprint density at radius 3 is 2.38 bits per heavy atom. The Bertz CT molecular complexity index is 755. The van der Waals surface area contributed by atoms with Crippen LogP contribution in [-0.4, -0.2) is 32.7 Å². The van der Waals surface area contributed by atoms with Gasteiger partial charge in [0.25, 0.3) is 5.91 Å². The number of nitrogens with zero attached hydrogens (tertiary/aromatic N) is 1. The van der Waals surface area contributed by atoms with Gasteiger partial charge in [-0.25, -0.2) is 0 Å². The van der Waals surface area contributed by atoms with Crippen molar-refractivity contribution in [2.24, 2.45) is 0 Å². The zero-order valence-electron chi connectivity index (χ0n) is 16.3. The van der Waals surface area contributed by atoms with E-state index >= 15 is 0 Å². The van der Waals surface area contributed by atoms with Crippen LogP contribution in [0.2, 0.25) is 0 Å². The van der Waals surface area contributed by atoms with Gasteiger partial charge in [-0.2, -0.15) is 0 Å². The second kappa shape index (κ2) is 9.13. The lowest BCUT2D eigenvalue weighted by atomic mass is 10.1. The Hall–Kier alpha value is -2.69. The largest absolute Gasteiger partial charge is 0.493 e. The van der Waals surface area contributed by atoms with E-state index in [0.717, 1.165) is 35.6 Å². The number of aryl methyl sites for hydroxylation is 2. The first-order valence-corrected chi connectivity index (χ1v) is 8.91. The molecule has 2 aromatic carbocycles. The summed E-state index contributed by atoms with van der Waals surface area (Å²) in [5.41, 5.74) is 4.05. The summed E-state index contributed by atoms with van der Waals surface area (Å²) >= 11 is 0. The minimum absolute atomic E-state index is 0.0728. The second-order valence-electron chi connectivity index (χ2n) is 6.16. The third-order valence-electron chi connectivity index (χ3n) is 4.29. The van der Waals surface area contributed by atoms with Gasteiger partial charge in [-0.1, -0.05) is 6.07 Å². The van der Waals surface area contributed by atoms with E-state index in [0.29, 0.717) is 11.5 Å². The molecule has 0 aliphatic carbocycles. The van der Waals surface area contributed by atoms with Crippen LogP contribution in [0, 0.1) is 13.8 Å². The molecule has 0 unspecified atom stereocenters. The summed E-state index contributed by atoms with van der Waals surface area (Å²) in [7, 11) is 1.59. The maximum atomic E-state index is 12.2. The lowest BCUT2D eigenvalue weighted by molar-refractivity contribution is -0.118. The molecule has 2 aromatic rings. The van der Waals surface area contributed by atoms with Crippen molar-refractivity contribution in [3.63, 3.8) is 0 Å². The van der Waals surface area contributed by atoms with Crippen LogP contribution in [0.25, 0.3) is 0 Å². The number of hydrogen-bond donors (Lipinski definition) is 1. The third-order valence-corrected chi connectivity index (χ3v) is 4.29. The van der Waals surface area contributed by atoms with Crippen LogP contribution in [0.4, 0.5) is 11.4 Å². The highest BCUT2D eigenvalue weighted by Crippen LogP contribution is 2.28. The predicted molar refractivity (Wildman–Crippen MR) is 107 cm³/mol. The predicted octanol–water partition coefficient (Wildman–Crippen LogP) is 4.18. The fraction of sp³-hybridized carbons (Fsp3) is 0.381. The van der Waals surface area contributed by atoms with Crippen molar-refractivity contribution in [1.82, 2.24) is 0 Å². The first kappa shape index (κ1) is 19.6. The monoisotopic (exact) mass is 356 g/mol. The van der Waals surface area contributed by atoms with Gasteiger partial charge in [-0.3, -0.25) is 4.79 Å². The molecular weight excluding hydrogens is 328 g/mol. The summed E-state index contributed by atoms with van der Waals surface area (Å²) in [6.45, 7) is 10.1. The molecule has 5 heteroatoms. The van der Waals surface area contributed by atoms with Crippen LogP contribution >= 0.6 is 0 Å². The van der Waals surface area contributed by atoms with Crippen LogP contribution in [0.1, 0.15) is 25.0 Å². The van der Waals surface area contributed by atoms with Gasteiger partial charge in [0.1, 0.15) is 0 Å². The quantitative estimate of drug-likeness (QED) is 0.771. The molecule has 0 saturated heterocycles. The van der Waals surface area contributed by atoms with Crippen LogP contribution < -0.4 is 19.7 Å². The van der Waals surface area contributed by atoms with Gasteiger partial charge >= 0.3 is 0 Å². The van der Waals surface area contributed by atoms with E-state index in [2.05, 4.69) is 30.1 Å². The first-order chi connectivity index (χ1) is 12.5. The molecule has 0 spiro atoms. The number of ether oxygens (including phenoxy) is 2. The van der Waals surface area contributed by atoms with Crippen molar-refractivity contribution in [2.45, 2.75) is 27.7 Å². The minimum Gasteiger partial charge on any atom is -0.493 e. The average molecular weight is 356 g/mol. The molecule has 1 N–H and O–H groups in total. The molecule has 0 aliphatic heterocycles. The fourth-order valence-electron chi connectivity index (χ4n) is 2.80. The number of anilines is 2. The highest BCUT2D eigenvalue weighted by molar-refractivity contribution is 5.92. The Labute approximate surface area is 155 Å². The minimum atomic E-state index is -0.202. The summed E-state index contributed by atoms with van der Waals surface area (Å²) in [6.07, 6.45) is 0. The van der Waals surface area contributed by atoms with Crippen molar-refractivity contribution in [1.29, 1.82) is 0 Å². The number of rotatable bonds is 8. The van der Waals surface area contributed by atoms with Crippen molar-refractivity contribution in [3.05, 3.63) is 47.5 Å². The van der Waals surface area contributed by atoms with Gasteiger partial charge in [0.05, 0.1) is 7.11 Å². The van der Waals surface area contributed by atoms with Crippen molar-refractivity contribution in [3.8, 4) is 11.5 Å². The van der Waals surface area contributed by atoms with Crippen LogP contribution in [0.15, 0.2) is 36.4 Å². The highest BCUT2D eigenvalue weighted by Gasteiger charge is 2.10. The van der Waals surface area contributed by atoms with Crippen molar-refractivity contribution in [2.75, 3.05) is 37.0 Å². The Morgan fingerprint density at radius 2 is 1.77 bits per heavy atom.